The Labute approximate surface area is 132 Å². The van der Waals surface area contributed by atoms with Gasteiger partial charge in [0, 0.05) is 29.1 Å². The molecule has 0 aliphatic carbocycles. The molecule has 0 aliphatic rings. The monoisotopic (exact) mass is 330 g/mol. The molecule has 1 atom stereocenters. The molecule has 20 heavy (non-hydrogen) atoms. The molecule has 0 bridgehead atoms. The number of aryl methyl sites for hydroxylation is 2. The summed E-state index contributed by atoms with van der Waals surface area (Å²) in [7, 11) is 1.84. The van der Waals surface area contributed by atoms with E-state index in [1.165, 1.54) is 0 Å². The lowest BCUT2D eigenvalue weighted by Crippen LogP contribution is -2.16. The second-order valence-electron chi connectivity index (χ2n) is 4.59. The molecule has 0 amide bonds. The summed E-state index contributed by atoms with van der Waals surface area (Å²) in [5.41, 5.74) is 1.66. The highest BCUT2D eigenvalue weighted by Crippen LogP contribution is 2.24. The van der Waals surface area contributed by atoms with E-state index < -0.39 is 6.10 Å². The van der Waals surface area contributed by atoms with Gasteiger partial charge in [-0.15, -0.1) is 11.8 Å². The molecular weight excluding hydrogens is 315 g/mol. The van der Waals surface area contributed by atoms with Crippen molar-refractivity contribution in [2.24, 2.45) is 7.05 Å². The van der Waals surface area contributed by atoms with Crippen LogP contribution in [0.25, 0.3) is 0 Å². The Kier molecular flexibility index (Phi) is 5.38. The Balaban J connectivity index is 1.92. The SMILES string of the molecule is Cc1nn(C)c(CC(O)CSc2ccc(Cl)cc2)c1Cl. The first-order valence-corrected chi connectivity index (χ1v) is 7.96. The fraction of sp³-hybridized carbons (Fsp3) is 0.357. The average molecular weight is 331 g/mol. The summed E-state index contributed by atoms with van der Waals surface area (Å²) in [6.07, 6.45) is 0.0273. The van der Waals surface area contributed by atoms with Crippen LogP contribution in [0.2, 0.25) is 10.0 Å². The van der Waals surface area contributed by atoms with Crippen LogP contribution >= 0.6 is 35.0 Å². The Bertz CT molecular complexity index is 584. The predicted octanol–water partition coefficient (Wildman–Crippen LogP) is 3.73. The highest BCUT2D eigenvalue weighted by atomic mass is 35.5. The molecule has 0 saturated carbocycles. The Morgan fingerprint density at radius 2 is 1.95 bits per heavy atom. The number of aromatic nitrogens is 2. The van der Waals surface area contributed by atoms with Gasteiger partial charge in [0.2, 0.25) is 0 Å². The first-order chi connectivity index (χ1) is 9.47. The van der Waals surface area contributed by atoms with E-state index >= 15 is 0 Å². The number of hydrogen-bond acceptors (Lipinski definition) is 3. The smallest absolute Gasteiger partial charge is 0.0847 e. The summed E-state index contributed by atoms with van der Waals surface area (Å²) in [5, 5.41) is 15.7. The van der Waals surface area contributed by atoms with E-state index in [-0.39, 0.29) is 0 Å². The molecule has 0 radical (unpaired) electrons. The van der Waals surface area contributed by atoms with Crippen molar-refractivity contribution in [1.82, 2.24) is 9.78 Å². The minimum Gasteiger partial charge on any atom is -0.392 e. The summed E-state index contributed by atoms with van der Waals surface area (Å²) in [5.74, 6) is 0.599. The number of hydrogen-bond donors (Lipinski definition) is 1. The summed E-state index contributed by atoms with van der Waals surface area (Å²) in [6, 6.07) is 7.58. The molecule has 3 nitrogen and oxygen atoms in total. The highest BCUT2D eigenvalue weighted by Gasteiger charge is 2.15. The van der Waals surface area contributed by atoms with Crippen molar-refractivity contribution in [3.63, 3.8) is 0 Å². The number of nitrogens with zero attached hydrogens (tertiary/aromatic N) is 2. The van der Waals surface area contributed by atoms with Crippen molar-refractivity contribution in [3.8, 4) is 0 Å². The molecule has 0 fully saturated rings. The maximum absolute atomic E-state index is 10.1. The van der Waals surface area contributed by atoms with Crippen LogP contribution < -0.4 is 0 Å². The molecular formula is C14H16Cl2N2OS. The topological polar surface area (TPSA) is 38.0 Å². The lowest BCUT2D eigenvalue weighted by atomic mass is 10.2. The second kappa shape index (κ2) is 6.85. The third-order valence-corrected chi connectivity index (χ3v) is 4.85. The zero-order valence-electron chi connectivity index (χ0n) is 11.3. The van der Waals surface area contributed by atoms with Crippen LogP contribution in [0, 0.1) is 6.92 Å². The minimum absolute atomic E-state index is 0.469. The summed E-state index contributed by atoms with van der Waals surface area (Å²) in [4.78, 5) is 1.08. The zero-order valence-corrected chi connectivity index (χ0v) is 13.6. The molecule has 108 valence electrons. The summed E-state index contributed by atoms with van der Waals surface area (Å²) in [6.45, 7) is 1.86. The summed E-state index contributed by atoms with van der Waals surface area (Å²) >= 11 is 13.6. The van der Waals surface area contributed by atoms with Gasteiger partial charge < -0.3 is 5.11 Å². The van der Waals surface area contributed by atoms with Crippen molar-refractivity contribution in [2.75, 3.05) is 5.75 Å². The molecule has 1 aromatic carbocycles. The van der Waals surface area contributed by atoms with Crippen LogP contribution in [-0.4, -0.2) is 26.7 Å². The fourth-order valence-corrected chi connectivity index (χ4v) is 3.10. The van der Waals surface area contributed by atoms with Crippen LogP contribution in [0.15, 0.2) is 29.2 Å². The quantitative estimate of drug-likeness (QED) is 0.849. The molecule has 1 unspecified atom stereocenters. The van der Waals surface area contributed by atoms with Crippen molar-refractivity contribution < 1.29 is 5.11 Å². The van der Waals surface area contributed by atoms with Gasteiger partial charge in [-0.2, -0.15) is 5.10 Å². The first kappa shape index (κ1) is 15.7. The third kappa shape index (κ3) is 3.92. The first-order valence-electron chi connectivity index (χ1n) is 6.21. The van der Waals surface area contributed by atoms with Crippen LogP contribution in [0.5, 0.6) is 0 Å². The maximum atomic E-state index is 10.1. The Morgan fingerprint density at radius 3 is 2.50 bits per heavy atom. The molecule has 6 heteroatoms. The van der Waals surface area contributed by atoms with E-state index in [4.69, 9.17) is 23.2 Å². The van der Waals surface area contributed by atoms with Crippen LogP contribution in [0.1, 0.15) is 11.4 Å². The Hall–Kier alpha value is -0.680. The third-order valence-electron chi connectivity index (χ3n) is 2.95. The molecule has 0 saturated heterocycles. The lowest BCUT2D eigenvalue weighted by molar-refractivity contribution is 0.197. The van der Waals surface area contributed by atoms with Crippen molar-refractivity contribution in [3.05, 3.63) is 45.7 Å². The van der Waals surface area contributed by atoms with Gasteiger partial charge in [0.15, 0.2) is 0 Å². The second-order valence-corrected chi connectivity index (χ2v) is 6.50. The average Bonchev–Trinajstić information content (AvgIpc) is 2.65. The van der Waals surface area contributed by atoms with Crippen LogP contribution in [-0.2, 0) is 13.5 Å². The number of aliphatic hydroxyl groups excluding tert-OH is 1. The lowest BCUT2D eigenvalue weighted by Gasteiger charge is -2.11. The van der Waals surface area contributed by atoms with Gasteiger partial charge in [0.05, 0.1) is 22.5 Å². The standard InChI is InChI=1S/C14H16Cl2N2OS/c1-9-14(16)13(18(2)17-9)7-11(19)8-20-12-5-3-10(15)4-6-12/h3-6,11,19H,7-8H2,1-2H3. The number of aliphatic hydroxyl groups is 1. The molecule has 2 rings (SSSR count). The molecule has 2 aromatic rings. The zero-order chi connectivity index (χ0) is 14.7. The van der Waals surface area contributed by atoms with E-state index in [1.807, 2.05) is 38.2 Å². The largest absolute Gasteiger partial charge is 0.392 e. The van der Waals surface area contributed by atoms with E-state index in [9.17, 15) is 5.11 Å². The van der Waals surface area contributed by atoms with Crippen molar-refractivity contribution >= 4 is 35.0 Å². The predicted molar refractivity (Wildman–Crippen MR) is 84.8 cm³/mol. The number of halogens is 2. The molecule has 0 spiro atoms. The van der Waals surface area contributed by atoms with Gasteiger partial charge in [-0.05, 0) is 31.2 Å². The van der Waals surface area contributed by atoms with Crippen molar-refractivity contribution in [1.29, 1.82) is 0 Å². The van der Waals surface area contributed by atoms with E-state index in [1.54, 1.807) is 16.4 Å². The number of rotatable bonds is 5. The van der Waals surface area contributed by atoms with E-state index in [0.717, 1.165) is 16.3 Å². The normalized spacial score (nSPS) is 12.7. The number of benzene rings is 1. The molecule has 0 aliphatic heterocycles. The molecule has 1 heterocycles. The van der Waals surface area contributed by atoms with Crippen molar-refractivity contribution in [2.45, 2.75) is 24.3 Å². The Morgan fingerprint density at radius 1 is 1.30 bits per heavy atom. The van der Waals surface area contributed by atoms with Gasteiger partial charge in [-0.3, -0.25) is 4.68 Å². The van der Waals surface area contributed by atoms with Gasteiger partial charge in [0.25, 0.3) is 0 Å². The van der Waals surface area contributed by atoms with E-state index in [2.05, 4.69) is 5.10 Å². The van der Waals surface area contributed by atoms with Gasteiger partial charge >= 0.3 is 0 Å². The molecule has 1 aromatic heterocycles. The van der Waals surface area contributed by atoms with Gasteiger partial charge in [-0.25, -0.2) is 0 Å². The molecule has 1 N–H and O–H groups in total. The van der Waals surface area contributed by atoms with E-state index in [0.29, 0.717) is 22.2 Å². The minimum atomic E-state index is -0.469. The maximum Gasteiger partial charge on any atom is 0.0847 e. The van der Waals surface area contributed by atoms with Gasteiger partial charge in [0.1, 0.15) is 0 Å². The fourth-order valence-electron chi connectivity index (χ4n) is 1.91. The number of thioether (sulfide) groups is 1. The van der Waals surface area contributed by atoms with Crippen LogP contribution in [0.4, 0.5) is 0 Å². The highest BCUT2D eigenvalue weighted by molar-refractivity contribution is 7.99. The van der Waals surface area contributed by atoms with Gasteiger partial charge in [-0.1, -0.05) is 23.2 Å². The summed E-state index contributed by atoms with van der Waals surface area (Å²) < 4.78 is 1.73. The van der Waals surface area contributed by atoms with Crippen LogP contribution in [0.3, 0.4) is 0 Å².